The van der Waals surface area contributed by atoms with Gasteiger partial charge in [0.15, 0.2) is 5.65 Å². The molecule has 32 heavy (non-hydrogen) atoms. The summed E-state index contributed by atoms with van der Waals surface area (Å²) in [5.41, 5.74) is 3.63. The Bertz CT molecular complexity index is 1210. The highest BCUT2D eigenvalue weighted by Gasteiger charge is 2.27. The summed E-state index contributed by atoms with van der Waals surface area (Å²) in [6.45, 7) is 6.24. The van der Waals surface area contributed by atoms with Crippen molar-refractivity contribution in [3.05, 3.63) is 57.6 Å². The summed E-state index contributed by atoms with van der Waals surface area (Å²) in [6.07, 6.45) is 5.05. The first-order valence-electron chi connectivity index (χ1n) is 11.6. The number of carbonyl (C=O) groups is 1. The van der Waals surface area contributed by atoms with Crippen LogP contribution in [0.4, 0.5) is 5.95 Å². The zero-order chi connectivity index (χ0) is 22.2. The van der Waals surface area contributed by atoms with Crippen LogP contribution in [0.1, 0.15) is 49.4 Å². The lowest BCUT2D eigenvalue weighted by Crippen LogP contribution is -2.46. The maximum atomic E-state index is 13.3. The summed E-state index contributed by atoms with van der Waals surface area (Å²) in [7, 11) is 0. The van der Waals surface area contributed by atoms with Gasteiger partial charge < -0.3 is 9.80 Å². The standard InChI is InChI=1S/C24H30N6O2/c1-3-20-10-6-7-12-28(20)22(31)16-29-24(32)30-21(26-29)14-17(2)25-23(30)27-13-11-18-8-4-5-9-19(18)15-27/h4-5,8-9,14,20H,3,6-7,10-13,15-16H2,1-2H3/t20-/m1/s1. The van der Waals surface area contributed by atoms with E-state index in [9.17, 15) is 9.59 Å². The van der Waals surface area contributed by atoms with Crippen molar-refractivity contribution >= 4 is 17.5 Å². The highest BCUT2D eigenvalue weighted by Crippen LogP contribution is 2.24. The lowest BCUT2D eigenvalue weighted by molar-refractivity contribution is -0.135. The second-order valence-electron chi connectivity index (χ2n) is 8.92. The number of hydrogen-bond acceptors (Lipinski definition) is 5. The van der Waals surface area contributed by atoms with E-state index in [2.05, 4.69) is 35.1 Å². The quantitative estimate of drug-likeness (QED) is 0.631. The van der Waals surface area contributed by atoms with Crippen molar-refractivity contribution in [2.75, 3.05) is 18.0 Å². The molecule has 1 saturated heterocycles. The summed E-state index contributed by atoms with van der Waals surface area (Å²) in [4.78, 5) is 35.2. The molecular weight excluding hydrogens is 404 g/mol. The first-order valence-corrected chi connectivity index (χ1v) is 11.6. The minimum atomic E-state index is -0.306. The summed E-state index contributed by atoms with van der Waals surface area (Å²) in [5, 5.41) is 4.51. The number of hydrogen-bond donors (Lipinski definition) is 0. The average molecular weight is 435 g/mol. The first-order chi connectivity index (χ1) is 15.5. The third-order valence-electron chi connectivity index (χ3n) is 6.80. The van der Waals surface area contributed by atoms with E-state index in [1.165, 1.54) is 15.8 Å². The fourth-order valence-corrected chi connectivity index (χ4v) is 5.09. The average Bonchev–Trinajstić information content (AvgIpc) is 3.12. The summed E-state index contributed by atoms with van der Waals surface area (Å²) in [6, 6.07) is 10.5. The molecule has 0 radical (unpaired) electrons. The van der Waals surface area contributed by atoms with Crippen LogP contribution >= 0.6 is 0 Å². The molecule has 0 N–H and O–H groups in total. The first kappa shape index (κ1) is 20.7. The van der Waals surface area contributed by atoms with E-state index >= 15 is 0 Å². The minimum Gasteiger partial charge on any atom is -0.338 e. The van der Waals surface area contributed by atoms with Crippen LogP contribution in [0.3, 0.4) is 0 Å². The molecule has 2 aliphatic heterocycles. The number of amides is 1. The van der Waals surface area contributed by atoms with E-state index in [4.69, 9.17) is 4.98 Å². The van der Waals surface area contributed by atoms with Gasteiger partial charge in [-0.3, -0.25) is 4.79 Å². The molecule has 1 fully saturated rings. The topological polar surface area (TPSA) is 75.7 Å². The molecule has 1 aromatic carbocycles. The van der Waals surface area contributed by atoms with Crippen LogP contribution in [0, 0.1) is 6.92 Å². The molecule has 0 spiro atoms. The van der Waals surface area contributed by atoms with Gasteiger partial charge in [0.25, 0.3) is 0 Å². The van der Waals surface area contributed by atoms with Crippen LogP contribution in [-0.2, 0) is 24.3 Å². The van der Waals surface area contributed by atoms with E-state index < -0.39 is 0 Å². The largest absolute Gasteiger partial charge is 0.353 e. The van der Waals surface area contributed by atoms with Gasteiger partial charge in [0.05, 0.1) is 0 Å². The molecule has 0 unspecified atom stereocenters. The van der Waals surface area contributed by atoms with Gasteiger partial charge in [-0.15, -0.1) is 5.10 Å². The van der Waals surface area contributed by atoms with E-state index in [1.54, 1.807) is 10.5 Å². The smallest absolute Gasteiger partial charge is 0.338 e. The Morgan fingerprint density at radius 3 is 2.78 bits per heavy atom. The fourth-order valence-electron chi connectivity index (χ4n) is 5.09. The third kappa shape index (κ3) is 3.67. The monoisotopic (exact) mass is 434 g/mol. The number of rotatable bonds is 4. The Morgan fingerprint density at radius 1 is 1.16 bits per heavy atom. The van der Waals surface area contributed by atoms with Crippen molar-refractivity contribution in [1.82, 2.24) is 24.1 Å². The third-order valence-corrected chi connectivity index (χ3v) is 6.80. The minimum absolute atomic E-state index is 0.0276. The van der Waals surface area contributed by atoms with Gasteiger partial charge in [-0.25, -0.2) is 18.9 Å². The Kier molecular flexibility index (Phi) is 5.45. The van der Waals surface area contributed by atoms with Gasteiger partial charge in [-0.05, 0) is 50.2 Å². The maximum absolute atomic E-state index is 13.3. The lowest BCUT2D eigenvalue weighted by Gasteiger charge is -2.35. The zero-order valence-electron chi connectivity index (χ0n) is 18.8. The number of piperidine rings is 1. The normalized spacial score (nSPS) is 18.8. The van der Waals surface area contributed by atoms with Crippen LogP contribution in [0.2, 0.25) is 0 Å². The number of aromatic nitrogens is 4. The molecule has 0 saturated carbocycles. The zero-order valence-corrected chi connectivity index (χ0v) is 18.8. The van der Waals surface area contributed by atoms with Crippen LogP contribution in [0.5, 0.6) is 0 Å². The molecule has 3 aromatic rings. The molecule has 5 rings (SSSR count). The molecule has 2 aromatic heterocycles. The molecule has 0 aliphatic carbocycles. The van der Waals surface area contributed by atoms with Crippen molar-refractivity contribution in [1.29, 1.82) is 0 Å². The second kappa shape index (κ2) is 8.41. The summed E-state index contributed by atoms with van der Waals surface area (Å²) in [5.74, 6) is 0.572. The van der Waals surface area contributed by atoms with Crippen molar-refractivity contribution in [3.8, 4) is 0 Å². The number of fused-ring (bicyclic) bond motifs is 2. The molecule has 0 bridgehead atoms. The Balaban J connectivity index is 1.48. The van der Waals surface area contributed by atoms with Gasteiger partial charge in [0.1, 0.15) is 6.54 Å². The number of aryl methyl sites for hydroxylation is 1. The van der Waals surface area contributed by atoms with Crippen molar-refractivity contribution < 1.29 is 4.79 Å². The van der Waals surface area contributed by atoms with Gasteiger partial charge in [0.2, 0.25) is 11.9 Å². The van der Waals surface area contributed by atoms with Crippen molar-refractivity contribution in [2.45, 2.75) is 65.1 Å². The molecule has 1 atom stereocenters. The SMILES string of the molecule is CC[C@@H]1CCCCN1C(=O)Cn1nc2cc(C)nc(N3CCc4ccccc4C3)n2c1=O. The van der Waals surface area contributed by atoms with Crippen LogP contribution in [0.15, 0.2) is 35.1 Å². The predicted molar refractivity (Wildman–Crippen MR) is 123 cm³/mol. The Morgan fingerprint density at radius 2 is 1.97 bits per heavy atom. The van der Waals surface area contributed by atoms with Gasteiger partial charge in [-0.1, -0.05) is 31.2 Å². The van der Waals surface area contributed by atoms with Crippen molar-refractivity contribution in [3.63, 3.8) is 0 Å². The lowest BCUT2D eigenvalue weighted by atomic mass is 10.00. The fraction of sp³-hybridized carbons (Fsp3) is 0.500. The van der Waals surface area contributed by atoms with E-state index in [0.29, 0.717) is 18.1 Å². The number of likely N-dealkylation sites (tertiary alicyclic amines) is 1. The second-order valence-corrected chi connectivity index (χ2v) is 8.92. The molecule has 8 nitrogen and oxygen atoms in total. The number of nitrogens with zero attached hydrogens (tertiary/aromatic N) is 6. The van der Waals surface area contributed by atoms with Gasteiger partial charge in [-0.2, -0.15) is 0 Å². The van der Waals surface area contributed by atoms with Crippen molar-refractivity contribution in [2.24, 2.45) is 0 Å². The Hall–Kier alpha value is -3.16. The number of benzene rings is 1. The van der Waals surface area contributed by atoms with E-state index in [0.717, 1.165) is 50.9 Å². The van der Waals surface area contributed by atoms with Gasteiger partial charge in [0, 0.05) is 37.4 Å². The van der Waals surface area contributed by atoms with E-state index in [-0.39, 0.29) is 24.2 Å². The number of carbonyl (C=O) groups excluding carboxylic acids is 1. The van der Waals surface area contributed by atoms with Crippen LogP contribution < -0.4 is 10.6 Å². The molecular formula is C24H30N6O2. The van der Waals surface area contributed by atoms with Gasteiger partial charge >= 0.3 is 5.69 Å². The molecule has 4 heterocycles. The maximum Gasteiger partial charge on any atom is 0.353 e. The molecule has 2 aliphatic rings. The van der Waals surface area contributed by atoms with Crippen LogP contribution in [-0.4, -0.2) is 49.1 Å². The molecule has 8 heteroatoms. The molecule has 168 valence electrons. The summed E-state index contributed by atoms with van der Waals surface area (Å²) >= 11 is 0. The van der Waals surface area contributed by atoms with Crippen LogP contribution in [0.25, 0.3) is 5.65 Å². The predicted octanol–water partition coefficient (Wildman–Crippen LogP) is 2.55. The van der Waals surface area contributed by atoms with E-state index in [1.807, 2.05) is 17.9 Å². The molecule has 1 amide bonds. The summed E-state index contributed by atoms with van der Waals surface area (Å²) < 4.78 is 2.86. The highest BCUT2D eigenvalue weighted by atomic mass is 16.2. The number of anilines is 1. The Labute approximate surface area is 187 Å². The highest BCUT2D eigenvalue weighted by molar-refractivity contribution is 5.76.